The number of hydrogen-bond acceptors (Lipinski definition) is 7. The van der Waals surface area contributed by atoms with Crippen LogP contribution in [0.1, 0.15) is 37.3 Å². The van der Waals surface area contributed by atoms with Gasteiger partial charge >= 0.3 is 0 Å². The molecule has 2 aromatic heterocycles. The van der Waals surface area contributed by atoms with E-state index in [1.165, 1.54) is 17.4 Å². The predicted molar refractivity (Wildman–Crippen MR) is 130 cm³/mol. The second kappa shape index (κ2) is 8.27. The molecule has 5 rings (SSSR count). The summed E-state index contributed by atoms with van der Waals surface area (Å²) >= 11 is 1.72. The first-order valence-electron chi connectivity index (χ1n) is 10.6. The van der Waals surface area contributed by atoms with Crippen molar-refractivity contribution in [2.75, 3.05) is 16.7 Å². The number of pyridine rings is 2. The molecule has 2 N–H and O–H groups in total. The lowest BCUT2D eigenvalue weighted by molar-refractivity contribution is -0.118. The van der Waals surface area contributed by atoms with Crippen molar-refractivity contribution < 1.29 is 4.79 Å². The van der Waals surface area contributed by atoms with E-state index in [0.29, 0.717) is 5.82 Å². The quantitative estimate of drug-likeness (QED) is 0.672. The number of anilines is 2. The van der Waals surface area contributed by atoms with Crippen LogP contribution in [0.25, 0.3) is 4.91 Å². The first-order valence-corrected chi connectivity index (χ1v) is 11.4. The van der Waals surface area contributed by atoms with Gasteiger partial charge < -0.3 is 10.6 Å². The minimum Gasteiger partial charge on any atom is -0.373 e. The molecule has 0 bridgehead atoms. The van der Waals surface area contributed by atoms with Crippen molar-refractivity contribution in [3.63, 3.8) is 0 Å². The summed E-state index contributed by atoms with van der Waals surface area (Å²) in [6.07, 6.45) is 10.5. The van der Waals surface area contributed by atoms with Gasteiger partial charge in [-0.25, -0.2) is 9.98 Å². The number of fused-ring (bicyclic) bond motifs is 2. The molecule has 0 saturated carbocycles. The summed E-state index contributed by atoms with van der Waals surface area (Å²) in [7, 11) is 1.87. The molecular weight excluding hydrogens is 420 g/mol. The van der Waals surface area contributed by atoms with Crippen LogP contribution in [0, 0.1) is 6.92 Å². The fraction of sp³-hybridized carbons (Fsp3) is 0.250. The molecule has 0 aromatic carbocycles. The Morgan fingerprint density at radius 2 is 2.06 bits per heavy atom. The van der Waals surface area contributed by atoms with Gasteiger partial charge in [-0.3, -0.25) is 14.1 Å². The molecule has 2 aliphatic heterocycles. The summed E-state index contributed by atoms with van der Waals surface area (Å²) in [5.41, 5.74) is 7.85. The maximum atomic E-state index is 11.6. The van der Waals surface area contributed by atoms with Gasteiger partial charge in [0.15, 0.2) is 0 Å². The van der Waals surface area contributed by atoms with Gasteiger partial charge in [-0.1, -0.05) is 0 Å². The van der Waals surface area contributed by atoms with Crippen LogP contribution < -0.4 is 14.9 Å². The molecule has 7 nitrogen and oxygen atoms in total. The maximum absolute atomic E-state index is 11.6. The van der Waals surface area contributed by atoms with Gasteiger partial charge in [-0.2, -0.15) is 0 Å². The highest BCUT2D eigenvalue weighted by Gasteiger charge is 2.36. The largest absolute Gasteiger partial charge is 0.373 e. The molecule has 8 heteroatoms. The maximum Gasteiger partial charge on any atom is 0.222 e. The van der Waals surface area contributed by atoms with Crippen LogP contribution >= 0.6 is 11.9 Å². The molecule has 0 spiro atoms. The number of carbonyl (C=O) groups is 1. The second-order valence-electron chi connectivity index (χ2n) is 7.92. The van der Waals surface area contributed by atoms with Crippen molar-refractivity contribution in [3.05, 3.63) is 76.7 Å². The second-order valence-corrected chi connectivity index (χ2v) is 8.88. The molecule has 0 saturated heterocycles. The Balaban J connectivity index is 1.70. The number of hydrogen-bond donors (Lipinski definition) is 2. The number of amides is 1. The van der Waals surface area contributed by atoms with Crippen LogP contribution in [-0.2, 0) is 4.79 Å². The first-order chi connectivity index (χ1) is 15.5. The molecule has 1 aliphatic carbocycles. The third-order valence-electron chi connectivity index (χ3n) is 5.68. The number of carbonyl (C=O) groups excluding carboxylic acids is 1. The van der Waals surface area contributed by atoms with E-state index in [1.807, 2.05) is 43.8 Å². The summed E-state index contributed by atoms with van der Waals surface area (Å²) in [5, 5.41) is 5.94. The zero-order valence-corrected chi connectivity index (χ0v) is 19.1. The topological polar surface area (TPSA) is 82.5 Å². The number of rotatable bonds is 4. The van der Waals surface area contributed by atoms with Crippen LogP contribution in [0.15, 0.2) is 70.5 Å². The van der Waals surface area contributed by atoms with E-state index in [9.17, 15) is 4.79 Å². The van der Waals surface area contributed by atoms with Crippen LogP contribution in [0.3, 0.4) is 0 Å². The van der Waals surface area contributed by atoms with Gasteiger partial charge in [0.05, 0.1) is 17.1 Å². The number of nitrogens with one attached hydrogen (secondary N) is 2. The van der Waals surface area contributed by atoms with Crippen molar-refractivity contribution in [1.82, 2.24) is 15.3 Å². The number of nitrogens with zero attached hydrogens (tertiary/aromatic N) is 4. The predicted octanol–water partition coefficient (Wildman–Crippen LogP) is 4.58. The van der Waals surface area contributed by atoms with E-state index in [-0.39, 0.29) is 5.91 Å². The van der Waals surface area contributed by atoms with Crippen LogP contribution in [-0.4, -0.2) is 28.6 Å². The number of aliphatic imine (C=N–C) groups is 1. The van der Waals surface area contributed by atoms with Crippen molar-refractivity contribution in [2.24, 2.45) is 4.99 Å². The van der Waals surface area contributed by atoms with Crippen molar-refractivity contribution in [2.45, 2.75) is 33.1 Å². The Hall–Kier alpha value is -3.39. The van der Waals surface area contributed by atoms with E-state index < -0.39 is 0 Å². The summed E-state index contributed by atoms with van der Waals surface area (Å²) in [6, 6.07) is 6.17. The number of aromatic nitrogens is 2. The highest BCUT2D eigenvalue weighted by atomic mass is 32.2. The fourth-order valence-corrected chi connectivity index (χ4v) is 5.54. The van der Waals surface area contributed by atoms with E-state index >= 15 is 0 Å². The number of allylic oxidation sites excluding steroid dienone is 3. The molecule has 0 radical (unpaired) electrons. The Morgan fingerprint density at radius 1 is 1.19 bits per heavy atom. The minimum atomic E-state index is -0.113. The summed E-state index contributed by atoms with van der Waals surface area (Å²) < 4.78 is 2.29. The molecule has 4 heterocycles. The molecule has 0 fully saturated rings. The van der Waals surface area contributed by atoms with E-state index in [1.54, 1.807) is 11.9 Å². The van der Waals surface area contributed by atoms with Gasteiger partial charge in [0.25, 0.3) is 0 Å². The molecule has 0 atom stereocenters. The first kappa shape index (κ1) is 20.5. The molecule has 162 valence electrons. The number of aryl methyl sites for hydroxylation is 1. The Bertz CT molecular complexity index is 1230. The minimum absolute atomic E-state index is 0.113. The lowest BCUT2D eigenvalue weighted by Crippen LogP contribution is -2.17. The third kappa shape index (κ3) is 3.60. The molecule has 0 unspecified atom stereocenters. The third-order valence-corrected chi connectivity index (χ3v) is 6.91. The van der Waals surface area contributed by atoms with Crippen LogP contribution in [0.2, 0.25) is 0 Å². The highest BCUT2D eigenvalue weighted by Crippen LogP contribution is 2.53. The summed E-state index contributed by atoms with van der Waals surface area (Å²) in [5.74, 6) is 1.34. The van der Waals surface area contributed by atoms with Crippen molar-refractivity contribution >= 4 is 40.0 Å². The molecule has 2 aromatic rings. The average molecular weight is 445 g/mol. The average Bonchev–Trinajstić information content (AvgIpc) is 3.30. The van der Waals surface area contributed by atoms with Gasteiger partial charge in [0, 0.05) is 48.6 Å². The molecular formula is C24H24N6OS. The standard InChI is InChI=1S/C24H24N6OS/c1-14-12-26-10-9-20(14)30-23-17(24(32-30)16-7-8-21(25-3)27-13-16)5-4-6-19-18(23)11-22(29-19)28-15(2)31/h7-13H,4-6H2,1-3H3,(H,25,27)(H,28,31). The van der Waals surface area contributed by atoms with Gasteiger partial charge in [-0.05, 0) is 73.5 Å². The van der Waals surface area contributed by atoms with Crippen molar-refractivity contribution in [1.29, 1.82) is 0 Å². The Morgan fingerprint density at radius 3 is 2.78 bits per heavy atom. The van der Waals surface area contributed by atoms with Gasteiger partial charge in [0.2, 0.25) is 5.91 Å². The van der Waals surface area contributed by atoms with Gasteiger partial charge in [0.1, 0.15) is 11.6 Å². The van der Waals surface area contributed by atoms with E-state index in [2.05, 4.69) is 37.9 Å². The van der Waals surface area contributed by atoms with Crippen LogP contribution in [0.5, 0.6) is 0 Å². The summed E-state index contributed by atoms with van der Waals surface area (Å²) in [4.78, 5) is 26.4. The smallest absolute Gasteiger partial charge is 0.222 e. The Kier molecular flexibility index (Phi) is 5.30. The highest BCUT2D eigenvalue weighted by molar-refractivity contribution is 8.10. The summed E-state index contributed by atoms with van der Waals surface area (Å²) in [6.45, 7) is 3.59. The van der Waals surface area contributed by atoms with E-state index in [4.69, 9.17) is 4.99 Å². The zero-order valence-electron chi connectivity index (χ0n) is 18.3. The fourth-order valence-electron chi connectivity index (χ4n) is 4.22. The normalized spacial score (nSPS) is 17.5. The van der Waals surface area contributed by atoms with Crippen molar-refractivity contribution in [3.8, 4) is 0 Å². The van der Waals surface area contributed by atoms with Crippen LogP contribution in [0.4, 0.5) is 11.5 Å². The van der Waals surface area contributed by atoms with E-state index in [0.717, 1.165) is 58.9 Å². The Labute approximate surface area is 191 Å². The van der Waals surface area contributed by atoms with Gasteiger partial charge in [-0.15, -0.1) is 0 Å². The molecule has 3 aliphatic rings. The zero-order chi connectivity index (χ0) is 22.2. The lowest BCUT2D eigenvalue weighted by Gasteiger charge is -2.23. The molecule has 1 amide bonds. The molecule has 32 heavy (non-hydrogen) atoms. The monoisotopic (exact) mass is 444 g/mol. The lowest BCUT2D eigenvalue weighted by atomic mass is 10.0. The SMILES string of the molecule is CNc1ccc(C2=C3CCCC4=NC(NC(C)=O)=CC4=C3N(c3ccncc3C)S2)cn1.